The minimum absolute atomic E-state index is 0. The summed E-state index contributed by atoms with van der Waals surface area (Å²) in [4.78, 5) is 15.7. The van der Waals surface area contributed by atoms with Gasteiger partial charge in [0, 0.05) is 0 Å². The Morgan fingerprint density at radius 3 is 1.25 bits per heavy atom. The monoisotopic (exact) mass is 392 g/mol. The van der Waals surface area contributed by atoms with E-state index in [0.29, 0.717) is 0 Å². The Hall–Kier alpha value is 1.54. The molecule has 120 valence electrons. The summed E-state index contributed by atoms with van der Waals surface area (Å²) in [7, 11) is 0. The van der Waals surface area contributed by atoms with E-state index in [1.165, 1.54) is 51.4 Å². The van der Waals surface area contributed by atoms with Crippen molar-refractivity contribution in [2.24, 2.45) is 0 Å². The minimum Gasteiger partial charge on any atom is -0.343 e. The van der Waals surface area contributed by atoms with Gasteiger partial charge in [0.1, 0.15) is 0 Å². The molecule has 0 saturated carbocycles. The van der Waals surface area contributed by atoms with Crippen LogP contribution in [-0.4, -0.2) is 9.79 Å². The standard InChI is InChI=1S/2C7H15.H3O2PS2.Zn/c2*1-3-5-7-6-4-2;1-3(2,4)5;/h2*1,3-7H2,2H3;(H3,1,2,4,5);/q2*-1;;+2. The van der Waals surface area contributed by atoms with Crippen molar-refractivity contribution in [2.45, 2.75) is 78.1 Å². The maximum Gasteiger partial charge on any atom is 2.00 e. The molecule has 0 heterocycles. The van der Waals surface area contributed by atoms with Crippen LogP contribution in [-0.2, 0) is 31.3 Å². The first-order chi connectivity index (χ1) is 8.83. The zero-order valence-corrected chi connectivity index (χ0v) is 19.0. The molecule has 0 unspecified atom stereocenters. The third-order valence-corrected chi connectivity index (χ3v) is 2.21. The molecule has 0 radical (unpaired) electrons. The van der Waals surface area contributed by atoms with E-state index in [1.807, 2.05) is 0 Å². The van der Waals surface area contributed by atoms with Crippen molar-refractivity contribution < 1.29 is 29.3 Å². The van der Waals surface area contributed by atoms with Crippen LogP contribution in [0, 0.1) is 13.8 Å². The number of rotatable bonds is 8. The molecule has 20 heavy (non-hydrogen) atoms. The van der Waals surface area contributed by atoms with Crippen LogP contribution in [0.3, 0.4) is 0 Å². The zero-order chi connectivity index (χ0) is 15.6. The Balaban J connectivity index is -0.0000000952. The number of hydrogen-bond donors (Lipinski definition) is 3. The molecule has 0 bridgehead atoms. The third kappa shape index (κ3) is 73.8. The molecule has 0 aliphatic carbocycles. The van der Waals surface area contributed by atoms with E-state index in [2.05, 4.69) is 51.8 Å². The van der Waals surface area contributed by atoms with E-state index < -0.39 is 5.69 Å². The molecule has 0 aliphatic heterocycles. The predicted octanol–water partition coefficient (Wildman–Crippen LogP) is 5.70. The van der Waals surface area contributed by atoms with Gasteiger partial charge in [0.05, 0.1) is 0 Å². The fraction of sp³-hybridized carbons (Fsp3) is 0.857. The molecular weight excluding hydrogens is 361 g/mol. The van der Waals surface area contributed by atoms with E-state index >= 15 is 0 Å². The van der Waals surface area contributed by atoms with Crippen molar-refractivity contribution >= 4 is 29.7 Å². The molecule has 0 aromatic rings. The van der Waals surface area contributed by atoms with Crippen LogP contribution in [0.15, 0.2) is 0 Å². The maximum absolute atomic E-state index is 7.87. The average molecular weight is 394 g/mol. The van der Waals surface area contributed by atoms with Crippen molar-refractivity contribution in [3.63, 3.8) is 0 Å². The second-order valence-corrected chi connectivity index (χ2v) is 9.38. The maximum atomic E-state index is 7.87. The summed E-state index contributed by atoms with van der Waals surface area (Å²) in [5, 5.41) is 0. The van der Waals surface area contributed by atoms with Crippen molar-refractivity contribution in [1.29, 1.82) is 0 Å². The number of hydrogen-bond acceptors (Lipinski definition) is 1. The number of thiol groups is 1. The van der Waals surface area contributed by atoms with E-state index in [9.17, 15) is 0 Å². The average Bonchev–Trinajstić information content (AvgIpc) is 2.29. The summed E-state index contributed by atoms with van der Waals surface area (Å²) in [5.74, 6) is 0. The van der Waals surface area contributed by atoms with Gasteiger partial charge in [0.2, 0.25) is 5.69 Å². The molecule has 0 aromatic carbocycles. The first kappa shape index (κ1) is 29.5. The van der Waals surface area contributed by atoms with Gasteiger partial charge >= 0.3 is 19.5 Å². The van der Waals surface area contributed by atoms with Crippen LogP contribution in [0.25, 0.3) is 0 Å². The van der Waals surface area contributed by atoms with Gasteiger partial charge in [-0.2, -0.15) is 12.8 Å². The van der Waals surface area contributed by atoms with Gasteiger partial charge in [-0.15, -0.1) is 0 Å². The molecule has 0 amide bonds. The van der Waals surface area contributed by atoms with E-state index in [4.69, 9.17) is 9.79 Å². The molecule has 6 heteroatoms. The van der Waals surface area contributed by atoms with Gasteiger partial charge in [-0.05, 0) is 11.8 Å². The predicted molar refractivity (Wildman–Crippen MR) is 95.9 cm³/mol. The van der Waals surface area contributed by atoms with Gasteiger partial charge in [-0.3, -0.25) is 0 Å². The van der Waals surface area contributed by atoms with Gasteiger partial charge in [-0.25, -0.2) is 0 Å². The van der Waals surface area contributed by atoms with Crippen molar-refractivity contribution in [2.75, 3.05) is 0 Å². The summed E-state index contributed by atoms with van der Waals surface area (Å²) < 4.78 is 0. The molecule has 0 aliphatic rings. The van der Waals surface area contributed by atoms with Gasteiger partial charge in [0.25, 0.3) is 0 Å². The summed E-state index contributed by atoms with van der Waals surface area (Å²) >= 11 is 7.07. The van der Waals surface area contributed by atoms with Crippen LogP contribution in [0.4, 0.5) is 0 Å². The molecule has 0 atom stereocenters. The smallest absolute Gasteiger partial charge is 0.343 e. The van der Waals surface area contributed by atoms with Gasteiger partial charge < -0.3 is 23.6 Å². The molecular formula is C14H33O2PS2Zn. The van der Waals surface area contributed by atoms with E-state index in [-0.39, 0.29) is 19.5 Å². The Morgan fingerprint density at radius 1 is 0.850 bits per heavy atom. The van der Waals surface area contributed by atoms with Crippen LogP contribution in [0.2, 0.25) is 0 Å². The Bertz CT molecular complexity index is 164. The minimum atomic E-state index is -3.11. The second-order valence-electron chi connectivity index (χ2n) is 4.34. The van der Waals surface area contributed by atoms with Crippen molar-refractivity contribution in [3.05, 3.63) is 13.8 Å². The topological polar surface area (TPSA) is 40.5 Å². The molecule has 2 N–H and O–H groups in total. The normalized spacial score (nSPS) is 9.55. The SMILES string of the molecule is OP(O)(=S)S.[CH2-]CCCCCC.[CH2-]CCCCCC.[Zn+2]. The quantitative estimate of drug-likeness (QED) is 0.163. The molecule has 0 spiro atoms. The molecule has 0 rings (SSSR count). The molecule has 0 saturated heterocycles. The molecule has 0 aromatic heterocycles. The second kappa shape index (κ2) is 25.5. The summed E-state index contributed by atoms with van der Waals surface area (Å²) in [6.07, 6.45) is 13.0. The largest absolute Gasteiger partial charge is 2.00 e. The zero-order valence-electron chi connectivity index (χ0n) is 13.4. The Kier molecular flexibility index (Phi) is 37.7. The summed E-state index contributed by atoms with van der Waals surface area (Å²) in [6, 6.07) is 0. The van der Waals surface area contributed by atoms with Gasteiger partial charge in [0.15, 0.2) is 0 Å². The number of unbranched alkanes of at least 4 members (excludes halogenated alkanes) is 8. The van der Waals surface area contributed by atoms with Gasteiger partial charge in [-0.1, -0.05) is 77.5 Å². The fourth-order valence-electron chi connectivity index (χ4n) is 1.21. The summed E-state index contributed by atoms with van der Waals surface area (Å²) in [6.45, 7) is 12.0. The Morgan fingerprint density at radius 2 is 1.10 bits per heavy atom. The van der Waals surface area contributed by atoms with E-state index in [1.54, 1.807) is 0 Å². The first-order valence-electron chi connectivity index (χ1n) is 7.20. The van der Waals surface area contributed by atoms with Crippen molar-refractivity contribution in [1.82, 2.24) is 0 Å². The first-order valence-corrected chi connectivity index (χ1v) is 11.1. The molecule has 2 nitrogen and oxygen atoms in total. The van der Waals surface area contributed by atoms with Crippen LogP contribution in [0.1, 0.15) is 78.1 Å². The molecule has 0 fully saturated rings. The fourth-order valence-corrected chi connectivity index (χ4v) is 1.21. The van der Waals surface area contributed by atoms with Crippen LogP contribution in [0.5, 0.6) is 0 Å². The third-order valence-electron chi connectivity index (χ3n) is 2.21. The summed E-state index contributed by atoms with van der Waals surface area (Å²) in [5.41, 5.74) is -3.11. The van der Waals surface area contributed by atoms with Crippen LogP contribution < -0.4 is 0 Å². The van der Waals surface area contributed by atoms with Crippen molar-refractivity contribution in [3.8, 4) is 0 Å². The van der Waals surface area contributed by atoms with E-state index in [0.717, 1.165) is 12.8 Å². The Labute approximate surface area is 150 Å². The van der Waals surface area contributed by atoms with Crippen LogP contribution >= 0.6 is 17.9 Å².